The molecule has 1 amide bonds. The van der Waals surface area contributed by atoms with Crippen LogP contribution in [0.2, 0.25) is 5.02 Å². The summed E-state index contributed by atoms with van der Waals surface area (Å²) in [5, 5.41) is 8.80. The van der Waals surface area contributed by atoms with E-state index in [1.54, 1.807) is 15.9 Å². The highest BCUT2D eigenvalue weighted by atomic mass is 35.5. The first kappa shape index (κ1) is 19.5. The zero-order valence-electron chi connectivity index (χ0n) is 16.2. The summed E-state index contributed by atoms with van der Waals surface area (Å²) in [6, 6.07) is 9.50. The molecule has 0 saturated carbocycles. The number of hydrogen-bond acceptors (Lipinski definition) is 6. The molecule has 7 nitrogen and oxygen atoms in total. The SMILES string of the molecule is Cc1cc(C)n2nc(CC(=O)NCc3nc(-c4ccc(Cl)cc4)c(C)s3)nc2n1. The summed E-state index contributed by atoms with van der Waals surface area (Å²) in [6.45, 7) is 6.22. The summed E-state index contributed by atoms with van der Waals surface area (Å²) >= 11 is 7.52. The van der Waals surface area contributed by atoms with Crippen LogP contribution in [0.3, 0.4) is 0 Å². The van der Waals surface area contributed by atoms with E-state index in [1.807, 2.05) is 51.1 Å². The zero-order valence-corrected chi connectivity index (χ0v) is 17.8. The second-order valence-electron chi connectivity index (χ2n) is 6.75. The Kier molecular flexibility index (Phi) is 5.29. The minimum absolute atomic E-state index is 0.0935. The van der Waals surface area contributed by atoms with Crippen LogP contribution < -0.4 is 5.32 Å². The van der Waals surface area contributed by atoms with Gasteiger partial charge in [0.15, 0.2) is 5.82 Å². The normalized spacial score (nSPS) is 11.2. The molecule has 1 N–H and O–H groups in total. The van der Waals surface area contributed by atoms with Crippen LogP contribution in [-0.2, 0) is 17.8 Å². The number of aromatic nitrogens is 5. The van der Waals surface area contributed by atoms with Crippen molar-refractivity contribution in [1.82, 2.24) is 29.9 Å². The minimum Gasteiger partial charge on any atom is -0.349 e. The highest BCUT2D eigenvalue weighted by Crippen LogP contribution is 2.28. The monoisotopic (exact) mass is 426 g/mol. The van der Waals surface area contributed by atoms with Gasteiger partial charge in [0.25, 0.3) is 5.78 Å². The quantitative estimate of drug-likeness (QED) is 0.526. The van der Waals surface area contributed by atoms with Crippen LogP contribution in [0.1, 0.15) is 27.1 Å². The number of carbonyl (C=O) groups is 1. The molecule has 0 fully saturated rings. The Bertz CT molecular complexity index is 1200. The fourth-order valence-electron chi connectivity index (χ4n) is 3.07. The molecule has 0 unspecified atom stereocenters. The molecule has 0 aliphatic rings. The van der Waals surface area contributed by atoms with Crippen molar-refractivity contribution in [1.29, 1.82) is 0 Å². The number of hydrogen-bond donors (Lipinski definition) is 1. The number of benzene rings is 1. The molecular formula is C20H19ClN6OS. The summed E-state index contributed by atoms with van der Waals surface area (Å²) in [7, 11) is 0. The Balaban J connectivity index is 1.42. The summed E-state index contributed by atoms with van der Waals surface area (Å²) in [5.74, 6) is 0.797. The van der Waals surface area contributed by atoms with E-state index in [0.29, 0.717) is 23.2 Å². The molecule has 0 aliphatic heterocycles. The fraction of sp³-hybridized carbons (Fsp3) is 0.250. The third-order valence-corrected chi connectivity index (χ3v) is 5.60. The van der Waals surface area contributed by atoms with Gasteiger partial charge in [0.05, 0.1) is 18.7 Å². The molecule has 0 atom stereocenters. The summed E-state index contributed by atoms with van der Waals surface area (Å²) in [5.41, 5.74) is 3.72. The maximum Gasteiger partial charge on any atom is 0.252 e. The smallest absolute Gasteiger partial charge is 0.252 e. The maximum atomic E-state index is 12.4. The minimum atomic E-state index is -0.156. The lowest BCUT2D eigenvalue weighted by Gasteiger charge is -2.01. The Labute approximate surface area is 176 Å². The summed E-state index contributed by atoms with van der Waals surface area (Å²) in [6.07, 6.45) is 0.0935. The Morgan fingerprint density at radius 2 is 1.90 bits per heavy atom. The van der Waals surface area contributed by atoms with E-state index in [2.05, 4.69) is 25.4 Å². The van der Waals surface area contributed by atoms with Gasteiger partial charge in [0.2, 0.25) is 5.91 Å². The molecular weight excluding hydrogens is 408 g/mol. The second kappa shape index (κ2) is 7.88. The number of halogens is 1. The fourth-order valence-corrected chi connectivity index (χ4v) is 4.09. The van der Waals surface area contributed by atoms with Crippen LogP contribution in [0, 0.1) is 20.8 Å². The molecule has 4 aromatic rings. The molecule has 9 heteroatoms. The highest BCUT2D eigenvalue weighted by Gasteiger charge is 2.14. The number of thiazole rings is 1. The number of fused-ring (bicyclic) bond motifs is 1. The van der Waals surface area contributed by atoms with Crippen LogP contribution >= 0.6 is 22.9 Å². The summed E-state index contributed by atoms with van der Waals surface area (Å²) < 4.78 is 1.65. The largest absolute Gasteiger partial charge is 0.349 e. The van der Waals surface area contributed by atoms with Gasteiger partial charge in [0, 0.05) is 26.9 Å². The van der Waals surface area contributed by atoms with E-state index in [0.717, 1.165) is 32.5 Å². The Morgan fingerprint density at radius 1 is 1.14 bits per heavy atom. The first-order valence-corrected chi connectivity index (χ1v) is 10.3. The van der Waals surface area contributed by atoms with E-state index in [4.69, 9.17) is 11.6 Å². The Hall–Kier alpha value is -2.84. The van der Waals surface area contributed by atoms with Gasteiger partial charge in [-0.2, -0.15) is 4.98 Å². The van der Waals surface area contributed by atoms with Crippen LogP contribution in [-0.4, -0.2) is 30.5 Å². The van der Waals surface area contributed by atoms with Crippen molar-refractivity contribution >= 4 is 34.6 Å². The molecule has 0 bridgehead atoms. The average molecular weight is 427 g/mol. The molecule has 4 rings (SSSR count). The lowest BCUT2D eigenvalue weighted by Crippen LogP contribution is -2.25. The van der Waals surface area contributed by atoms with E-state index < -0.39 is 0 Å². The molecule has 3 heterocycles. The first-order chi connectivity index (χ1) is 13.9. The van der Waals surface area contributed by atoms with Gasteiger partial charge in [-0.3, -0.25) is 4.79 Å². The Morgan fingerprint density at radius 3 is 2.66 bits per heavy atom. The van der Waals surface area contributed by atoms with E-state index in [-0.39, 0.29) is 12.3 Å². The topological polar surface area (TPSA) is 85.1 Å². The number of carbonyl (C=O) groups excluding carboxylic acids is 1. The second-order valence-corrected chi connectivity index (χ2v) is 8.48. The summed E-state index contributed by atoms with van der Waals surface area (Å²) in [4.78, 5) is 26.8. The van der Waals surface area contributed by atoms with Crippen LogP contribution in [0.5, 0.6) is 0 Å². The van der Waals surface area contributed by atoms with Crippen molar-refractivity contribution < 1.29 is 4.79 Å². The van der Waals surface area contributed by atoms with Gasteiger partial charge >= 0.3 is 0 Å². The molecule has 1 aromatic carbocycles. The van der Waals surface area contributed by atoms with E-state index in [9.17, 15) is 4.79 Å². The number of nitrogens with one attached hydrogen (secondary N) is 1. The zero-order chi connectivity index (χ0) is 20.5. The lowest BCUT2D eigenvalue weighted by molar-refractivity contribution is -0.120. The van der Waals surface area contributed by atoms with E-state index >= 15 is 0 Å². The standard InChI is InChI=1S/C20H19ClN6OS/c1-11-8-12(2)27-20(23-11)24-16(26-27)9-17(28)22-10-18-25-19(13(3)29-18)14-4-6-15(21)7-5-14/h4-8H,9-10H2,1-3H3,(H,22,28). The molecule has 3 aromatic heterocycles. The molecule has 29 heavy (non-hydrogen) atoms. The number of rotatable bonds is 5. The molecule has 0 spiro atoms. The van der Waals surface area contributed by atoms with E-state index in [1.165, 1.54) is 0 Å². The number of nitrogens with zero attached hydrogens (tertiary/aromatic N) is 5. The predicted molar refractivity (Wildman–Crippen MR) is 113 cm³/mol. The van der Waals surface area contributed by atoms with Gasteiger partial charge in [-0.1, -0.05) is 23.7 Å². The molecule has 0 saturated heterocycles. The first-order valence-electron chi connectivity index (χ1n) is 9.08. The third kappa shape index (κ3) is 4.28. The van der Waals surface area contributed by atoms with Crippen molar-refractivity contribution in [2.45, 2.75) is 33.7 Å². The van der Waals surface area contributed by atoms with Gasteiger partial charge < -0.3 is 5.32 Å². The average Bonchev–Trinajstić information content (AvgIpc) is 3.24. The van der Waals surface area contributed by atoms with Crippen molar-refractivity contribution in [3.63, 3.8) is 0 Å². The molecule has 0 radical (unpaired) electrons. The van der Waals surface area contributed by atoms with Gasteiger partial charge in [-0.25, -0.2) is 14.5 Å². The van der Waals surface area contributed by atoms with Crippen LogP contribution in [0.4, 0.5) is 0 Å². The van der Waals surface area contributed by atoms with Crippen molar-refractivity contribution in [2.24, 2.45) is 0 Å². The number of amides is 1. The van der Waals surface area contributed by atoms with Gasteiger partial charge in [0.1, 0.15) is 5.01 Å². The van der Waals surface area contributed by atoms with Crippen molar-refractivity contribution in [2.75, 3.05) is 0 Å². The van der Waals surface area contributed by atoms with Crippen molar-refractivity contribution in [3.8, 4) is 11.3 Å². The maximum absolute atomic E-state index is 12.4. The third-order valence-electron chi connectivity index (χ3n) is 4.38. The van der Waals surface area contributed by atoms with Crippen LogP contribution in [0.15, 0.2) is 30.3 Å². The molecule has 148 valence electrons. The number of aryl methyl sites for hydroxylation is 3. The molecule has 0 aliphatic carbocycles. The highest BCUT2D eigenvalue weighted by molar-refractivity contribution is 7.12. The predicted octanol–water partition coefficient (Wildman–Crippen LogP) is 3.69. The van der Waals surface area contributed by atoms with Crippen molar-refractivity contribution in [3.05, 3.63) is 62.5 Å². The van der Waals surface area contributed by atoms with Gasteiger partial charge in [-0.05, 0) is 39.0 Å². The van der Waals surface area contributed by atoms with Crippen LogP contribution in [0.25, 0.3) is 17.0 Å². The lowest BCUT2D eigenvalue weighted by atomic mass is 10.1. The van der Waals surface area contributed by atoms with Gasteiger partial charge in [-0.15, -0.1) is 16.4 Å².